The number of nitrogens with one attached hydrogen (secondary N) is 1. The summed E-state index contributed by atoms with van der Waals surface area (Å²) < 4.78 is 1.56. The topological polar surface area (TPSA) is 62.5 Å². The highest BCUT2D eigenvalue weighted by Crippen LogP contribution is 2.30. The lowest BCUT2D eigenvalue weighted by atomic mass is 9.99. The van der Waals surface area contributed by atoms with Crippen LogP contribution < -0.4 is 10.2 Å². The number of aryl methyl sites for hydroxylation is 1. The number of amides is 1. The van der Waals surface area contributed by atoms with E-state index in [2.05, 4.69) is 50.6 Å². The molecule has 164 valence electrons. The monoisotopic (exact) mass is 427 g/mol. The molecule has 6 nitrogen and oxygen atoms in total. The highest BCUT2D eigenvalue weighted by molar-refractivity contribution is 6.17. The molecule has 4 rings (SSSR count). The number of nitrogens with zero attached hydrogens (tertiary/aromatic N) is 4. The second-order valence-corrected chi connectivity index (χ2v) is 7.97. The quantitative estimate of drug-likeness (QED) is 0.449. The number of carbonyl (C=O) groups is 1. The molecule has 32 heavy (non-hydrogen) atoms. The van der Waals surface area contributed by atoms with E-state index in [4.69, 9.17) is 0 Å². The van der Waals surface area contributed by atoms with E-state index in [-0.39, 0.29) is 5.91 Å². The van der Waals surface area contributed by atoms with E-state index in [0.717, 1.165) is 29.9 Å². The summed E-state index contributed by atoms with van der Waals surface area (Å²) in [7, 11) is 3.55. The molecule has 0 unspecified atom stereocenters. The smallest absolute Gasteiger partial charge is 0.273 e. The molecule has 2 heterocycles. The number of allylic oxidation sites excluding steroid dienone is 1. The lowest BCUT2D eigenvalue weighted by Crippen LogP contribution is -2.30. The molecule has 1 saturated heterocycles. The number of aliphatic imine (C=N–C) groups is 1. The summed E-state index contributed by atoms with van der Waals surface area (Å²) >= 11 is 0. The Kier molecular flexibility index (Phi) is 6.80. The normalized spacial score (nSPS) is 14.7. The average Bonchev–Trinajstić information content (AvgIpc) is 3.26. The van der Waals surface area contributed by atoms with Gasteiger partial charge in [0.1, 0.15) is 5.69 Å². The number of rotatable bonds is 6. The Morgan fingerprint density at radius 1 is 1.03 bits per heavy atom. The van der Waals surface area contributed by atoms with Crippen LogP contribution in [0.2, 0.25) is 0 Å². The number of piperidine rings is 1. The van der Waals surface area contributed by atoms with Crippen molar-refractivity contribution in [3.63, 3.8) is 0 Å². The van der Waals surface area contributed by atoms with E-state index >= 15 is 0 Å². The van der Waals surface area contributed by atoms with Gasteiger partial charge in [-0.15, -0.1) is 0 Å². The molecular formula is C26H29N5O. The van der Waals surface area contributed by atoms with Crippen LogP contribution in [0.25, 0.3) is 11.6 Å². The molecular weight excluding hydrogens is 398 g/mol. The Morgan fingerprint density at radius 3 is 2.47 bits per heavy atom. The summed E-state index contributed by atoms with van der Waals surface area (Å²) in [6.07, 6.45) is 9.45. The molecule has 1 amide bonds. The van der Waals surface area contributed by atoms with E-state index in [1.54, 1.807) is 31.0 Å². The molecule has 6 heteroatoms. The first-order chi connectivity index (χ1) is 15.7. The highest BCUT2D eigenvalue weighted by Gasteiger charge is 2.16. The first-order valence-corrected chi connectivity index (χ1v) is 11.0. The van der Waals surface area contributed by atoms with Crippen molar-refractivity contribution in [3.05, 3.63) is 77.6 Å². The fourth-order valence-corrected chi connectivity index (χ4v) is 4.09. The zero-order valence-corrected chi connectivity index (χ0v) is 18.7. The zero-order chi connectivity index (χ0) is 22.3. The van der Waals surface area contributed by atoms with Crippen molar-refractivity contribution in [2.24, 2.45) is 12.0 Å². The Bertz CT molecular complexity index is 1120. The van der Waals surface area contributed by atoms with Crippen LogP contribution >= 0.6 is 0 Å². The van der Waals surface area contributed by atoms with Crippen LogP contribution in [0.15, 0.2) is 65.8 Å². The maximum atomic E-state index is 12.4. The van der Waals surface area contributed by atoms with E-state index < -0.39 is 0 Å². The van der Waals surface area contributed by atoms with Gasteiger partial charge in [-0.1, -0.05) is 30.3 Å². The molecule has 0 spiro atoms. The molecule has 1 fully saturated rings. The van der Waals surface area contributed by atoms with Crippen molar-refractivity contribution in [3.8, 4) is 0 Å². The van der Waals surface area contributed by atoms with Crippen molar-refractivity contribution < 1.29 is 4.79 Å². The maximum Gasteiger partial charge on any atom is 0.273 e. The standard InChI is InChI=1S/C26H29N5O/c1-27-19-21(23-8-4-5-9-24(23)31-16-6-3-7-17-31)18-20-10-12-22(13-11-20)29-26(32)25-14-15-28-30(25)2/h4-5,8-15,18-19H,3,6-7,16-17H2,1-2H3,(H,29,32)/b21-18+,27-19-. The number of carbonyl (C=O) groups excluding carboxylic acids is 1. The van der Waals surface area contributed by atoms with Crippen molar-refractivity contribution in [2.75, 3.05) is 30.4 Å². The Morgan fingerprint density at radius 2 is 1.78 bits per heavy atom. The zero-order valence-electron chi connectivity index (χ0n) is 18.7. The fourth-order valence-electron chi connectivity index (χ4n) is 4.09. The van der Waals surface area contributed by atoms with Gasteiger partial charge in [0.05, 0.1) is 0 Å². The fraction of sp³-hybridized carbons (Fsp3) is 0.269. The van der Waals surface area contributed by atoms with Crippen LogP contribution in [0.3, 0.4) is 0 Å². The van der Waals surface area contributed by atoms with E-state index in [0.29, 0.717) is 5.69 Å². The number of benzene rings is 2. The first kappa shape index (κ1) is 21.6. The molecule has 2 aromatic carbocycles. The van der Waals surface area contributed by atoms with Crippen LogP contribution in [0.4, 0.5) is 11.4 Å². The van der Waals surface area contributed by atoms with Crippen molar-refractivity contribution in [1.82, 2.24) is 9.78 Å². The molecule has 0 atom stereocenters. The van der Waals surface area contributed by atoms with Gasteiger partial charge >= 0.3 is 0 Å². The Hall–Kier alpha value is -3.67. The van der Waals surface area contributed by atoms with Gasteiger partial charge in [0.25, 0.3) is 5.91 Å². The molecule has 1 N–H and O–H groups in total. The van der Waals surface area contributed by atoms with Gasteiger partial charge in [0.2, 0.25) is 0 Å². The minimum absolute atomic E-state index is 0.178. The Balaban J connectivity index is 1.57. The Labute approximate surface area is 189 Å². The first-order valence-electron chi connectivity index (χ1n) is 11.0. The predicted octanol–water partition coefficient (Wildman–Crippen LogP) is 4.90. The summed E-state index contributed by atoms with van der Waals surface area (Å²) in [6.45, 7) is 2.19. The third kappa shape index (κ3) is 4.97. The van der Waals surface area contributed by atoms with Crippen LogP contribution in [0.5, 0.6) is 0 Å². The minimum atomic E-state index is -0.178. The van der Waals surface area contributed by atoms with Crippen LogP contribution in [-0.4, -0.2) is 42.0 Å². The number of aromatic nitrogens is 2. The van der Waals surface area contributed by atoms with Gasteiger partial charge in [-0.2, -0.15) is 5.10 Å². The van der Waals surface area contributed by atoms with Crippen LogP contribution in [0, 0.1) is 0 Å². The lowest BCUT2D eigenvalue weighted by Gasteiger charge is -2.30. The van der Waals surface area contributed by atoms with Gasteiger partial charge in [-0.05, 0) is 55.2 Å². The minimum Gasteiger partial charge on any atom is -0.371 e. The molecule has 3 aromatic rings. The summed E-state index contributed by atoms with van der Waals surface area (Å²) in [6, 6.07) is 18.1. The number of para-hydroxylation sites is 1. The highest BCUT2D eigenvalue weighted by atomic mass is 16.2. The van der Waals surface area contributed by atoms with Gasteiger partial charge in [0.15, 0.2) is 0 Å². The second-order valence-electron chi connectivity index (χ2n) is 7.97. The van der Waals surface area contributed by atoms with Crippen molar-refractivity contribution in [2.45, 2.75) is 19.3 Å². The molecule has 1 aliphatic rings. The molecule has 0 saturated carbocycles. The maximum absolute atomic E-state index is 12.4. The van der Waals surface area contributed by atoms with Gasteiger partial charge in [-0.3, -0.25) is 14.5 Å². The SMILES string of the molecule is C/N=C\C(=C/c1ccc(NC(=O)c2ccnn2C)cc1)c1ccccc1N1CCCCC1. The number of hydrogen-bond acceptors (Lipinski definition) is 4. The number of hydrogen-bond donors (Lipinski definition) is 1. The van der Waals surface area contributed by atoms with Gasteiger partial charge in [0, 0.05) is 62.1 Å². The summed E-state index contributed by atoms with van der Waals surface area (Å²) in [5.41, 5.74) is 5.83. The van der Waals surface area contributed by atoms with Gasteiger partial charge in [-0.25, -0.2) is 0 Å². The van der Waals surface area contributed by atoms with E-state index in [9.17, 15) is 4.79 Å². The second kappa shape index (κ2) is 10.1. The molecule has 1 aromatic heterocycles. The van der Waals surface area contributed by atoms with Gasteiger partial charge < -0.3 is 10.2 Å². The van der Waals surface area contributed by atoms with Crippen molar-refractivity contribution >= 4 is 35.1 Å². The summed E-state index contributed by atoms with van der Waals surface area (Å²) in [4.78, 5) is 19.2. The molecule has 1 aliphatic heterocycles. The lowest BCUT2D eigenvalue weighted by molar-refractivity contribution is 0.101. The summed E-state index contributed by atoms with van der Waals surface area (Å²) in [5, 5.41) is 6.97. The predicted molar refractivity (Wildman–Crippen MR) is 132 cm³/mol. The van der Waals surface area contributed by atoms with E-state index in [1.807, 2.05) is 30.5 Å². The molecule has 0 aliphatic carbocycles. The third-order valence-electron chi connectivity index (χ3n) is 5.72. The largest absolute Gasteiger partial charge is 0.371 e. The van der Waals surface area contributed by atoms with Crippen LogP contribution in [-0.2, 0) is 7.05 Å². The summed E-state index contributed by atoms with van der Waals surface area (Å²) in [5.74, 6) is -0.178. The third-order valence-corrected chi connectivity index (χ3v) is 5.72. The van der Waals surface area contributed by atoms with Crippen LogP contribution in [0.1, 0.15) is 40.9 Å². The number of anilines is 2. The van der Waals surface area contributed by atoms with Crippen molar-refractivity contribution in [1.29, 1.82) is 0 Å². The average molecular weight is 428 g/mol. The molecule has 0 bridgehead atoms. The molecule has 0 radical (unpaired) electrons. The van der Waals surface area contributed by atoms with E-state index in [1.165, 1.54) is 30.5 Å².